The number of nitrogens with two attached hydrogens (primary N) is 1. The standard InChI is InChI=1S/C15H19ClN4OS.HI/c1-9(2)12-8-22-14(20-12)7-18-15(17)19-10-4-5-13(21-3)11(16)6-10;/h4-6,8-9H,7H2,1-3H3,(H3,17,18,19);1H. The third-order valence-electron chi connectivity index (χ3n) is 2.97. The summed E-state index contributed by atoms with van der Waals surface area (Å²) in [7, 11) is 1.57. The largest absolute Gasteiger partial charge is 0.495 e. The Morgan fingerprint density at radius 1 is 1.48 bits per heavy atom. The van der Waals surface area contributed by atoms with Gasteiger partial charge in [0.15, 0.2) is 5.96 Å². The Hall–Kier alpha value is -1.06. The first-order valence-electron chi connectivity index (χ1n) is 6.84. The summed E-state index contributed by atoms with van der Waals surface area (Å²) in [5, 5.41) is 6.52. The number of halogens is 2. The average molecular weight is 467 g/mol. The fourth-order valence-corrected chi connectivity index (χ4v) is 2.88. The zero-order valence-corrected chi connectivity index (χ0v) is 17.1. The Kier molecular flexibility index (Phi) is 8.07. The van der Waals surface area contributed by atoms with Gasteiger partial charge in [0.25, 0.3) is 0 Å². The van der Waals surface area contributed by atoms with Crippen LogP contribution in [0.3, 0.4) is 0 Å². The highest BCUT2D eigenvalue weighted by molar-refractivity contribution is 14.0. The van der Waals surface area contributed by atoms with Crippen molar-refractivity contribution in [2.75, 3.05) is 12.4 Å². The van der Waals surface area contributed by atoms with Crippen LogP contribution >= 0.6 is 46.9 Å². The molecular weight excluding hydrogens is 447 g/mol. The molecule has 0 unspecified atom stereocenters. The van der Waals surface area contributed by atoms with Crippen molar-refractivity contribution in [3.05, 3.63) is 39.3 Å². The maximum absolute atomic E-state index is 6.06. The predicted molar refractivity (Wildman–Crippen MR) is 109 cm³/mol. The number of ether oxygens (including phenoxy) is 1. The van der Waals surface area contributed by atoms with E-state index in [1.54, 1.807) is 30.6 Å². The SMILES string of the molecule is COc1ccc(NC(N)=NCc2nc(C(C)C)cs2)cc1Cl.I. The van der Waals surface area contributed by atoms with E-state index in [2.05, 4.69) is 34.5 Å². The van der Waals surface area contributed by atoms with Crippen LogP contribution in [-0.4, -0.2) is 18.1 Å². The van der Waals surface area contributed by atoms with E-state index in [1.807, 2.05) is 6.07 Å². The number of anilines is 1. The van der Waals surface area contributed by atoms with Crippen LogP contribution in [0.2, 0.25) is 5.02 Å². The monoisotopic (exact) mass is 466 g/mol. The molecule has 0 spiro atoms. The molecule has 8 heteroatoms. The molecule has 126 valence electrons. The molecule has 0 aliphatic heterocycles. The lowest BCUT2D eigenvalue weighted by Gasteiger charge is -2.08. The van der Waals surface area contributed by atoms with E-state index in [0.29, 0.717) is 29.2 Å². The van der Waals surface area contributed by atoms with Gasteiger partial charge in [-0.05, 0) is 24.1 Å². The van der Waals surface area contributed by atoms with E-state index in [4.69, 9.17) is 22.1 Å². The number of hydrogen-bond donors (Lipinski definition) is 2. The van der Waals surface area contributed by atoms with Gasteiger partial charge in [0.2, 0.25) is 0 Å². The molecule has 23 heavy (non-hydrogen) atoms. The Bertz CT molecular complexity index is 675. The molecule has 1 aromatic heterocycles. The van der Waals surface area contributed by atoms with Crippen LogP contribution in [0.4, 0.5) is 5.69 Å². The van der Waals surface area contributed by atoms with Gasteiger partial charge in [0, 0.05) is 11.1 Å². The van der Waals surface area contributed by atoms with Crippen molar-refractivity contribution in [2.24, 2.45) is 10.7 Å². The van der Waals surface area contributed by atoms with Crippen LogP contribution in [0.1, 0.15) is 30.5 Å². The second-order valence-electron chi connectivity index (χ2n) is 5.00. The fourth-order valence-electron chi connectivity index (χ4n) is 1.75. The van der Waals surface area contributed by atoms with Crippen molar-refractivity contribution in [3.63, 3.8) is 0 Å². The van der Waals surface area contributed by atoms with Gasteiger partial charge in [0.05, 0.1) is 24.4 Å². The Morgan fingerprint density at radius 2 is 2.22 bits per heavy atom. The van der Waals surface area contributed by atoms with Crippen molar-refractivity contribution in [1.29, 1.82) is 0 Å². The number of methoxy groups -OCH3 is 1. The van der Waals surface area contributed by atoms with Crippen LogP contribution in [0.5, 0.6) is 5.75 Å². The van der Waals surface area contributed by atoms with Crippen molar-refractivity contribution in [2.45, 2.75) is 26.3 Å². The molecule has 0 radical (unpaired) electrons. The summed E-state index contributed by atoms with van der Waals surface area (Å²) in [6.07, 6.45) is 0. The summed E-state index contributed by atoms with van der Waals surface area (Å²) in [6, 6.07) is 5.34. The molecule has 0 aliphatic rings. The third kappa shape index (κ3) is 5.82. The molecule has 0 bridgehead atoms. The molecule has 0 saturated carbocycles. The zero-order chi connectivity index (χ0) is 16.1. The van der Waals surface area contributed by atoms with Gasteiger partial charge >= 0.3 is 0 Å². The summed E-state index contributed by atoms with van der Waals surface area (Å²) in [5.74, 6) is 1.36. The van der Waals surface area contributed by atoms with Crippen LogP contribution in [-0.2, 0) is 6.54 Å². The molecule has 0 atom stereocenters. The van der Waals surface area contributed by atoms with Crippen LogP contribution in [0.25, 0.3) is 0 Å². The Labute approximate surface area is 162 Å². The molecule has 2 aromatic rings. The van der Waals surface area contributed by atoms with E-state index in [0.717, 1.165) is 16.4 Å². The van der Waals surface area contributed by atoms with Crippen molar-refractivity contribution < 1.29 is 4.74 Å². The summed E-state index contributed by atoms with van der Waals surface area (Å²) in [4.78, 5) is 8.81. The topological polar surface area (TPSA) is 72.5 Å². The van der Waals surface area contributed by atoms with E-state index in [1.165, 1.54) is 0 Å². The minimum atomic E-state index is 0. The lowest BCUT2D eigenvalue weighted by molar-refractivity contribution is 0.415. The number of thiazole rings is 1. The number of rotatable bonds is 5. The highest BCUT2D eigenvalue weighted by Crippen LogP contribution is 2.27. The zero-order valence-electron chi connectivity index (χ0n) is 13.2. The highest BCUT2D eigenvalue weighted by atomic mass is 127. The number of nitrogens with one attached hydrogen (secondary N) is 1. The predicted octanol–water partition coefficient (Wildman–Crippen LogP) is 4.47. The minimum absolute atomic E-state index is 0. The van der Waals surface area contributed by atoms with Gasteiger partial charge in [-0.2, -0.15) is 0 Å². The van der Waals surface area contributed by atoms with Crippen molar-refractivity contribution in [3.8, 4) is 5.75 Å². The van der Waals surface area contributed by atoms with Gasteiger partial charge in [-0.25, -0.2) is 9.98 Å². The van der Waals surface area contributed by atoms with Gasteiger partial charge in [-0.15, -0.1) is 35.3 Å². The van der Waals surface area contributed by atoms with E-state index < -0.39 is 0 Å². The first kappa shape index (κ1) is 20.0. The van der Waals surface area contributed by atoms with E-state index >= 15 is 0 Å². The highest BCUT2D eigenvalue weighted by Gasteiger charge is 2.06. The number of benzene rings is 1. The second kappa shape index (κ2) is 9.29. The summed E-state index contributed by atoms with van der Waals surface area (Å²) in [6.45, 7) is 4.69. The molecule has 1 aromatic carbocycles. The average Bonchev–Trinajstić information content (AvgIpc) is 2.94. The molecule has 5 nitrogen and oxygen atoms in total. The first-order valence-corrected chi connectivity index (χ1v) is 8.10. The lowest BCUT2D eigenvalue weighted by atomic mass is 10.2. The molecule has 0 aliphatic carbocycles. The normalized spacial score (nSPS) is 11.3. The van der Waals surface area contributed by atoms with Crippen molar-refractivity contribution >= 4 is 58.6 Å². The molecular formula is C15H20ClIN4OS. The molecule has 3 N–H and O–H groups in total. The maximum atomic E-state index is 6.06. The molecule has 0 amide bonds. The van der Waals surface area contributed by atoms with Gasteiger partial charge in [-0.1, -0.05) is 25.4 Å². The van der Waals surface area contributed by atoms with Crippen LogP contribution in [0, 0.1) is 0 Å². The minimum Gasteiger partial charge on any atom is -0.495 e. The first-order chi connectivity index (χ1) is 10.5. The number of aromatic nitrogens is 1. The second-order valence-corrected chi connectivity index (χ2v) is 6.35. The van der Waals surface area contributed by atoms with Crippen molar-refractivity contribution in [1.82, 2.24) is 4.98 Å². The summed E-state index contributed by atoms with van der Waals surface area (Å²) < 4.78 is 5.10. The quantitative estimate of drug-likeness (QED) is 0.387. The number of aliphatic imine (C=N–C) groups is 1. The summed E-state index contributed by atoms with van der Waals surface area (Å²) in [5.41, 5.74) is 7.73. The molecule has 1 heterocycles. The number of guanidine groups is 1. The molecule has 0 fully saturated rings. The fraction of sp³-hybridized carbons (Fsp3) is 0.333. The number of nitrogens with zero attached hydrogens (tertiary/aromatic N) is 2. The van der Waals surface area contributed by atoms with Crippen LogP contribution in [0.15, 0.2) is 28.6 Å². The maximum Gasteiger partial charge on any atom is 0.193 e. The van der Waals surface area contributed by atoms with E-state index in [-0.39, 0.29) is 24.0 Å². The van der Waals surface area contributed by atoms with Gasteiger partial charge in [0.1, 0.15) is 10.8 Å². The Morgan fingerprint density at radius 3 is 2.78 bits per heavy atom. The van der Waals surface area contributed by atoms with Gasteiger partial charge < -0.3 is 15.8 Å². The van der Waals surface area contributed by atoms with Gasteiger partial charge in [-0.3, -0.25) is 0 Å². The molecule has 2 rings (SSSR count). The summed E-state index contributed by atoms with van der Waals surface area (Å²) >= 11 is 7.66. The van der Waals surface area contributed by atoms with Crippen LogP contribution < -0.4 is 15.8 Å². The lowest BCUT2D eigenvalue weighted by Crippen LogP contribution is -2.22. The molecule has 0 saturated heterocycles. The smallest absolute Gasteiger partial charge is 0.193 e. The number of hydrogen-bond acceptors (Lipinski definition) is 4. The third-order valence-corrected chi connectivity index (χ3v) is 4.12. The van der Waals surface area contributed by atoms with E-state index in [9.17, 15) is 0 Å². The Balaban J connectivity index is 0.00000264.